The molecule has 0 N–H and O–H groups in total. The number of nitrogens with zero attached hydrogens (tertiary/aromatic N) is 1. The highest BCUT2D eigenvalue weighted by Crippen LogP contribution is 2.38. The lowest BCUT2D eigenvalue weighted by molar-refractivity contribution is -0.870. The van der Waals surface area contributed by atoms with Gasteiger partial charge in [-0.15, -0.1) is 0 Å². The molecule has 0 saturated heterocycles. The number of esters is 2. The Morgan fingerprint density at radius 1 is 0.652 bits per heavy atom. The number of carbonyl (C=O) groups excluding carboxylic acids is 2. The van der Waals surface area contributed by atoms with Crippen molar-refractivity contribution in [3.8, 4) is 0 Å². The fourth-order valence-electron chi connectivity index (χ4n) is 1.73. The van der Waals surface area contributed by atoms with Crippen molar-refractivity contribution in [2.75, 3.05) is 47.3 Å². The number of hydrogen-bond acceptors (Lipinski definition) is 8. The van der Waals surface area contributed by atoms with Gasteiger partial charge in [-0.25, -0.2) is 0 Å². The van der Waals surface area contributed by atoms with E-state index < -0.39 is 244 Å². The van der Waals surface area contributed by atoms with E-state index in [1.54, 1.807) is 0 Å². The Hall–Kier alpha value is -0.990. The minimum atomic E-state index is -6.59. The van der Waals surface area contributed by atoms with E-state index in [9.17, 15) is 19.0 Å². The van der Waals surface area contributed by atoms with Gasteiger partial charge in [-0.05, 0) is 12.7 Å². The Morgan fingerprint density at radius 3 is 1.54 bits per heavy atom. The summed E-state index contributed by atoms with van der Waals surface area (Å²) in [4.78, 5) is 40.9. The summed E-state index contributed by atoms with van der Waals surface area (Å²) in [5.74, 6) is -6.41. The van der Waals surface area contributed by atoms with Crippen LogP contribution >= 0.6 is 7.82 Å². The fourth-order valence-corrected chi connectivity index (χ4v) is 2.46. The van der Waals surface area contributed by atoms with Crippen LogP contribution < -0.4 is 4.89 Å². The van der Waals surface area contributed by atoms with E-state index in [1.165, 1.54) is 0 Å². The first-order valence-electron chi connectivity index (χ1n) is 43.0. The number of carbonyl (C=O) groups is 2. The fraction of sp³-hybridized carbons (Fsp3) is 0.944. The standard InChI is InChI=1S/C36H72NO8P/c1-6-8-10-12-14-16-18-20-22-24-26-28-35(38)42-32-34(33-44-46(40,41)43-31-30-37(3,4)5)45-36(39)29-27-25-23-21-19-17-15-13-11-9-7-2/h34H,6-33H2,1-5H3/t34-/m1/s1/i1D3,2D3,3D3,4D3,5D3,6D2,7D2,8D2,9D2,10D2,11D2,12D2,13D2,14D2,15D2,16D2,17D2,18D2,19D2,20D2,21D2,22D2,23D2,24D2,25D2,26D2,27D2,28D2,29D2. The molecule has 9 nitrogen and oxygen atoms in total. The van der Waals surface area contributed by atoms with E-state index in [0.29, 0.717) is 0 Å². The zero-order valence-corrected chi connectivity index (χ0v) is 24.0. The van der Waals surface area contributed by atoms with Crippen molar-refractivity contribution in [1.82, 2.24) is 0 Å². The van der Waals surface area contributed by atoms with Gasteiger partial charge >= 0.3 is 11.9 Å². The number of phosphoric ester groups is 1. The van der Waals surface area contributed by atoms with Gasteiger partial charge in [0.15, 0.2) is 6.10 Å². The first kappa shape index (κ1) is 7.61. The van der Waals surface area contributed by atoms with Crippen molar-refractivity contribution in [2.45, 2.75) is 173 Å². The summed E-state index contributed by atoms with van der Waals surface area (Å²) in [6.45, 7) is -29.7. The summed E-state index contributed by atoms with van der Waals surface area (Å²) in [6.07, 6.45) is -130. The van der Waals surface area contributed by atoms with E-state index in [0.717, 1.165) is 0 Å². The number of ether oxygens (including phenoxy) is 2. The van der Waals surface area contributed by atoms with Gasteiger partial charge in [-0.3, -0.25) is 14.2 Å². The zero-order valence-electron chi connectivity index (χ0n) is 86.1. The number of phosphoric acid groups is 1. The molecule has 2 atom stereocenters. The summed E-state index contributed by atoms with van der Waals surface area (Å²) in [5.41, 5.74) is 0. The van der Waals surface area contributed by atoms with Gasteiger partial charge in [-0.1, -0.05) is 141 Å². The quantitative estimate of drug-likeness (QED) is 0.0365. The Morgan fingerprint density at radius 2 is 1.09 bits per heavy atom. The van der Waals surface area contributed by atoms with Crippen molar-refractivity contribution in [1.29, 1.82) is 0 Å². The van der Waals surface area contributed by atoms with Gasteiger partial charge in [0.2, 0.25) is 0 Å². The van der Waals surface area contributed by atoms with Crippen molar-refractivity contribution in [3.63, 3.8) is 0 Å². The smallest absolute Gasteiger partial charge is 0.306 e. The second-order valence-electron chi connectivity index (χ2n) is 6.74. The second-order valence-corrected chi connectivity index (χ2v) is 8.15. The lowest BCUT2D eigenvalue weighted by Crippen LogP contribution is -2.37. The summed E-state index contributed by atoms with van der Waals surface area (Å²) in [6, 6.07) is 0. The van der Waals surface area contributed by atoms with Crippen molar-refractivity contribution >= 4 is 19.8 Å². The molecule has 0 bridgehead atoms. The highest BCUT2D eigenvalue weighted by Gasteiger charge is 2.21. The molecule has 0 heterocycles. The molecule has 0 amide bonds. The molecular weight excluding hydrogens is 605 g/mol. The third-order valence-electron chi connectivity index (χ3n) is 3.35. The molecule has 0 aromatic carbocycles. The summed E-state index contributed by atoms with van der Waals surface area (Å²) in [5, 5.41) is 0. The SMILES string of the molecule is [2H]C([2H])([2H])C([2H])([2H])C([2H])([2H])C([2H])([2H])C([2H])([2H])C([2H])([2H])C([2H])([2H])C([2H])([2H])C([2H])([2H])C([2H])([2H])C([2H])([2H])C([2H])([2H])C([2H])([2H])C(=O)OC[C@H](COP(=O)([O-])OCC[N+](C([2H])([2H])[2H])(C([2H])([2H])[2H])C([2H])([2H])[2H])OC(=O)C([2H])([2H])C([2H])([2H])C([2H])([2H])C([2H])([2H])C([2H])([2H])C([2H])([2H])C([2H])([2H])C([2H])([2H])C([2H])([2H])C([2H])([2H])C([2H])([2H])C([2H])([2H])C([2H])([2H])[2H]. The Kier molecular flexibility index (Phi) is 4.98. The predicted molar refractivity (Wildman–Crippen MR) is 185 cm³/mol. The normalized spacial score (nSPS) is 42.9. The van der Waals surface area contributed by atoms with Crippen LogP contribution in [0.15, 0.2) is 0 Å². The summed E-state index contributed by atoms with van der Waals surface area (Å²) in [7, 11) is -6.59. The molecule has 274 valence electrons. The Labute approximate surface area is 371 Å². The van der Waals surface area contributed by atoms with Crippen LogP contribution in [0, 0.1) is 0 Å². The lowest BCUT2D eigenvalue weighted by atomic mass is 10.1. The van der Waals surface area contributed by atoms with Crippen LogP contribution in [0.25, 0.3) is 0 Å². The zero-order chi connectivity index (χ0) is 89.9. The Balaban J connectivity index is 8.50. The molecule has 0 aliphatic heterocycles. The highest BCUT2D eigenvalue weighted by molar-refractivity contribution is 7.45. The molecule has 0 rings (SSSR count). The van der Waals surface area contributed by atoms with Crippen LogP contribution in [0.4, 0.5) is 0 Å². The molecule has 10 heteroatoms. The summed E-state index contributed by atoms with van der Waals surface area (Å²) < 4.78 is 538. The maximum absolute atomic E-state index is 14.0. The number of rotatable bonds is 34. The maximum atomic E-state index is 14.0. The lowest BCUT2D eigenvalue weighted by Gasteiger charge is -2.28. The number of likely N-dealkylation sites (N-methyl/N-ethyl adjacent to an activating group) is 1. The average molecular weight is 741 g/mol. The number of hydrogen-bond donors (Lipinski definition) is 0. The monoisotopic (exact) mass is 741 g/mol. The predicted octanol–water partition coefficient (Wildman–Crippen LogP) is 9.05. The first-order valence-corrected chi connectivity index (χ1v) is 12.9. The van der Waals surface area contributed by atoms with Gasteiger partial charge in [0.1, 0.15) is 19.8 Å². The van der Waals surface area contributed by atoms with Crippen molar-refractivity contribution in [2.24, 2.45) is 0 Å². The molecule has 0 saturated carbocycles. The first-order chi connectivity index (χ1) is 46.1. The minimum Gasteiger partial charge on any atom is -0.756 e. The maximum Gasteiger partial charge on any atom is 0.306 e. The van der Waals surface area contributed by atoms with Crippen molar-refractivity contribution < 1.29 is 128 Å². The van der Waals surface area contributed by atoms with Gasteiger partial charge < -0.3 is 27.9 Å². The average Bonchev–Trinajstić information content (AvgIpc) is 0.682. The van der Waals surface area contributed by atoms with Crippen LogP contribution in [0.1, 0.15) is 253 Å². The van der Waals surface area contributed by atoms with E-state index in [-0.39, 0.29) is 0 Å². The molecule has 0 aliphatic carbocycles. The van der Waals surface area contributed by atoms with Gasteiger partial charge in [0.25, 0.3) is 7.82 Å². The van der Waals surface area contributed by atoms with Gasteiger partial charge in [0.05, 0.1) is 39.9 Å². The van der Waals surface area contributed by atoms with E-state index in [1.807, 2.05) is 0 Å². The second kappa shape index (κ2) is 30.1. The Bertz CT molecular complexity index is 3250. The van der Waals surface area contributed by atoms with Crippen LogP contribution in [0.5, 0.6) is 0 Å². The van der Waals surface area contributed by atoms with Crippen LogP contribution in [0.3, 0.4) is 0 Å². The van der Waals surface area contributed by atoms with Crippen LogP contribution in [-0.2, 0) is 32.7 Å². The highest BCUT2D eigenvalue weighted by atomic mass is 31.2. The van der Waals surface area contributed by atoms with E-state index in [4.69, 9.17) is 86.4 Å². The third-order valence-corrected chi connectivity index (χ3v) is 4.31. The van der Waals surface area contributed by atoms with Gasteiger partial charge in [0, 0.05) is 86.8 Å². The molecule has 0 aromatic rings. The van der Waals surface area contributed by atoms with E-state index in [2.05, 4.69) is 18.5 Å². The molecule has 0 aliphatic rings. The third kappa shape index (κ3) is 32.9. The minimum absolute atomic E-state index is 1.92. The molecule has 0 fully saturated rings. The largest absolute Gasteiger partial charge is 0.756 e. The molecule has 0 aromatic heterocycles. The molecule has 0 spiro atoms. The summed E-state index contributed by atoms with van der Waals surface area (Å²) >= 11 is 0. The van der Waals surface area contributed by atoms with E-state index >= 15 is 0 Å². The molecule has 46 heavy (non-hydrogen) atoms. The number of quaternary nitrogens is 1. The van der Waals surface area contributed by atoms with Crippen LogP contribution in [0.2, 0.25) is 0 Å². The molecule has 1 unspecified atom stereocenters. The van der Waals surface area contributed by atoms with Crippen molar-refractivity contribution in [3.05, 3.63) is 0 Å². The topological polar surface area (TPSA) is 111 Å². The molecular formula is C36H72NO8P. The van der Waals surface area contributed by atoms with Gasteiger partial charge in [-0.2, -0.15) is 0 Å². The molecule has 0 radical (unpaired) electrons. The van der Waals surface area contributed by atoms with Crippen LogP contribution in [-0.4, -0.2) is 69.8 Å².